The van der Waals surface area contributed by atoms with Gasteiger partial charge in [0.25, 0.3) is 0 Å². The van der Waals surface area contributed by atoms with Gasteiger partial charge in [-0.3, -0.25) is 0 Å². The minimum Gasteiger partial charge on any atom is -0.494 e. The third-order valence-corrected chi connectivity index (χ3v) is 3.77. The fourth-order valence-corrected chi connectivity index (χ4v) is 2.40. The molecule has 0 saturated heterocycles. The van der Waals surface area contributed by atoms with E-state index in [1.54, 1.807) is 0 Å². The van der Waals surface area contributed by atoms with Crippen molar-refractivity contribution in [3.8, 4) is 5.75 Å². The normalized spacial score (nSPS) is 12.7. The molecule has 0 fully saturated rings. The standard InChI is InChI=1S/C16H28N2O/c1-4-8-19-15-6-7-16(13(5-2)9-15)12(3)14(10-17)11-18/h6-7,9,12,14H,4-5,8,10-11,17-18H2,1-3H3. The van der Waals surface area contributed by atoms with Crippen LogP contribution in [-0.4, -0.2) is 19.7 Å². The first-order chi connectivity index (χ1) is 9.17. The largest absolute Gasteiger partial charge is 0.494 e. The van der Waals surface area contributed by atoms with Crippen molar-refractivity contribution in [2.24, 2.45) is 17.4 Å². The number of ether oxygens (including phenoxy) is 1. The van der Waals surface area contributed by atoms with Gasteiger partial charge in [-0.1, -0.05) is 26.8 Å². The van der Waals surface area contributed by atoms with Crippen LogP contribution in [0.25, 0.3) is 0 Å². The van der Waals surface area contributed by atoms with Gasteiger partial charge in [0.05, 0.1) is 6.61 Å². The molecule has 108 valence electrons. The number of rotatable bonds is 8. The number of hydrogen-bond donors (Lipinski definition) is 2. The van der Waals surface area contributed by atoms with Gasteiger partial charge in [0.15, 0.2) is 0 Å². The van der Waals surface area contributed by atoms with Gasteiger partial charge in [0.1, 0.15) is 5.75 Å². The van der Waals surface area contributed by atoms with Gasteiger partial charge < -0.3 is 16.2 Å². The third kappa shape index (κ3) is 4.22. The summed E-state index contributed by atoms with van der Waals surface area (Å²) in [5, 5.41) is 0. The summed E-state index contributed by atoms with van der Waals surface area (Å²) in [4.78, 5) is 0. The number of nitrogens with two attached hydrogens (primary N) is 2. The fraction of sp³-hybridized carbons (Fsp3) is 0.625. The van der Waals surface area contributed by atoms with Crippen LogP contribution in [0.15, 0.2) is 18.2 Å². The van der Waals surface area contributed by atoms with Crippen molar-refractivity contribution < 1.29 is 4.74 Å². The van der Waals surface area contributed by atoms with Crippen molar-refractivity contribution in [3.05, 3.63) is 29.3 Å². The smallest absolute Gasteiger partial charge is 0.119 e. The van der Waals surface area contributed by atoms with E-state index in [1.165, 1.54) is 11.1 Å². The molecule has 4 N–H and O–H groups in total. The maximum atomic E-state index is 5.80. The molecule has 0 aliphatic rings. The molecular weight excluding hydrogens is 236 g/mol. The average Bonchev–Trinajstić information content (AvgIpc) is 2.45. The Morgan fingerprint density at radius 1 is 1.16 bits per heavy atom. The summed E-state index contributed by atoms with van der Waals surface area (Å²) >= 11 is 0. The van der Waals surface area contributed by atoms with Gasteiger partial charge in [-0.25, -0.2) is 0 Å². The zero-order valence-electron chi connectivity index (χ0n) is 12.5. The molecule has 1 atom stereocenters. The molecule has 0 aliphatic heterocycles. The van der Waals surface area contributed by atoms with Gasteiger partial charge in [-0.05, 0) is 61.0 Å². The van der Waals surface area contributed by atoms with Crippen LogP contribution in [-0.2, 0) is 6.42 Å². The molecule has 1 rings (SSSR count). The summed E-state index contributed by atoms with van der Waals surface area (Å²) in [5.74, 6) is 1.70. The van der Waals surface area contributed by atoms with E-state index in [0.29, 0.717) is 24.9 Å². The highest BCUT2D eigenvalue weighted by atomic mass is 16.5. The number of aryl methyl sites for hydroxylation is 1. The Morgan fingerprint density at radius 2 is 1.84 bits per heavy atom. The van der Waals surface area contributed by atoms with Crippen molar-refractivity contribution in [3.63, 3.8) is 0 Å². The van der Waals surface area contributed by atoms with E-state index in [2.05, 4.69) is 39.0 Å². The van der Waals surface area contributed by atoms with Crippen LogP contribution in [0.1, 0.15) is 44.2 Å². The summed E-state index contributed by atoms with van der Waals surface area (Å²) in [6.45, 7) is 8.54. The van der Waals surface area contributed by atoms with Gasteiger partial charge in [-0.2, -0.15) is 0 Å². The predicted molar refractivity (Wildman–Crippen MR) is 81.6 cm³/mol. The Morgan fingerprint density at radius 3 is 2.37 bits per heavy atom. The molecule has 0 amide bonds. The summed E-state index contributed by atoms with van der Waals surface area (Å²) in [6.07, 6.45) is 2.03. The Bertz CT molecular complexity index is 375. The van der Waals surface area contributed by atoms with E-state index >= 15 is 0 Å². The Labute approximate surface area is 117 Å². The Kier molecular flexibility index (Phi) is 6.89. The van der Waals surface area contributed by atoms with Gasteiger partial charge in [-0.15, -0.1) is 0 Å². The Balaban J connectivity index is 2.94. The second-order valence-electron chi connectivity index (χ2n) is 5.08. The molecule has 0 spiro atoms. The molecule has 1 aromatic carbocycles. The van der Waals surface area contributed by atoms with E-state index in [4.69, 9.17) is 16.2 Å². The van der Waals surface area contributed by atoms with E-state index < -0.39 is 0 Å². The van der Waals surface area contributed by atoms with Crippen molar-refractivity contribution in [2.75, 3.05) is 19.7 Å². The second kappa shape index (κ2) is 8.18. The monoisotopic (exact) mass is 264 g/mol. The van der Waals surface area contributed by atoms with Crippen LogP contribution in [0.3, 0.4) is 0 Å². The second-order valence-corrected chi connectivity index (χ2v) is 5.08. The predicted octanol–water partition coefficient (Wildman–Crippen LogP) is 2.67. The molecule has 1 unspecified atom stereocenters. The van der Waals surface area contributed by atoms with Crippen LogP contribution >= 0.6 is 0 Å². The zero-order chi connectivity index (χ0) is 14.3. The number of hydrogen-bond acceptors (Lipinski definition) is 3. The molecular formula is C16H28N2O. The van der Waals surface area contributed by atoms with E-state index in [-0.39, 0.29) is 0 Å². The van der Waals surface area contributed by atoms with Crippen LogP contribution in [0.4, 0.5) is 0 Å². The zero-order valence-corrected chi connectivity index (χ0v) is 12.5. The maximum Gasteiger partial charge on any atom is 0.119 e. The van der Waals surface area contributed by atoms with E-state index in [1.807, 2.05) is 0 Å². The van der Waals surface area contributed by atoms with Crippen molar-refractivity contribution in [1.29, 1.82) is 0 Å². The molecule has 19 heavy (non-hydrogen) atoms. The van der Waals surface area contributed by atoms with Gasteiger partial charge >= 0.3 is 0 Å². The van der Waals surface area contributed by atoms with E-state index in [9.17, 15) is 0 Å². The van der Waals surface area contributed by atoms with Crippen LogP contribution < -0.4 is 16.2 Å². The minimum atomic E-state index is 0.340. The highest BCUT2D eigenvalue weighted by Gasteiger charge is 2.18. The van der Waals surface area contributed by atoms with Crippen LogP contribution in [0.2, 0.25) is 0 Å². The van der Waals surface area contributed by atoms with Gasteiger partial charge in [0, 0.05) is 0 Å². The lowest BCUT2D eigenvalue weighted by molar-refractivity contribution is 0.317. The average molecular weight is 264 g/mol. The Hall–Kier alpha value is -1.06. The highest BCUT2D eigenvalue weighted by Crippen LogP contribution is 2.29. The molecule has 0 heterocycles. The fourth-order valence-electron chi connectivity index (χ4n) is 2.40. The van der Waals surface area contributed by atoms with Crippen molar-refractivity contribution in [2.45, 2.75) is 39.5 Å². The summed E-state index contributed by atoms with van der Waals surface area (Å²) in [7, 11) is 0. The quantitative estimate of drug-likeness (QED) is 0.759. The third-order valence-electron chi connectivity index (χ3n) is 3.77. The molecule has 0 bridgehead atoms. The first kappa shape index (κ1) is 16.0. The van der Waals surface area contributed by atoms with Crippen LogP contribution in [0, 0.1) is 5.92 Å². The molecule has 3 nitrogen and oxygen atoms in total. The highest BCUT2D eigenvalue weighted by molar-refractivity contribution is 5.38. The summed E-state index contributed by atoms with van der Waals surface area (Å²) in [6, 6.07) is 6.39. The number of benzene rings is 1. The molecule has 0 aliphatic carbocycles. The lowest BCUT2D eigenvalue weighted by Gasteiger charge is -2.24. The summed E-state index contributed by atoms with van der Waals surface area (Å²) < 4.78 is 5.70. The first-order valence-electron chi connectivity index (χ1n) is 7.33. The minimum absolute atomic E-state index is 0.340. The van der Waals surface area contributed by atoms with Crippen LogP contribution in [0.5, 0.6) is 5.75 Å². The SMILES string of the molecule is CCCOc1ccc(C(C)C(CN)CN)c(CC)c1. The molecule has 0 saturated carbocycles. The molecule has 0 radical (unpaired) electrons. The topological polar surface area (TPSA) is 61.3 Å². The molecule has 3 heteroatoms. The molecule has 0 aromatic heterocycles. The maximum absolute atomic E-state index is 5.80. The summed E-state index contributed by atoms with van der Waals surface area (Å²) in [5.41, 5.74) is 14.3. The van der Waals surface area contributed by atoms with E-state index in [0.717, 1.165) is 25.2 Å². The van der Waals surface area contributed by atoms with Crippen molar-refractivity contribution >= 4 is 0 Å². The van der Waals surface area contributed by atoms with Crippen molar-refractivity contribution in [1.82, 2.24) is 0 Å². The lowest BCUT2D eigenvalue weighted by atomic mass is 9.84. The first-order valence-corrected chi connectivity index (χ1v) is 7.33. The van der Waals surface area contributed by atoms with Gasteiger partial charge in [0.2, 0.25) is 0 Å². The molecule has 1 aromatic rings. The lowest BCUT2D eigenvalue weighted by Crippen LogP contribution is -2.28.